The minimum absolute atomic E-state index is 0.0469. The zero-order valence-electron chi connectivity index (χ0n) is 13.1. The molecule has 0 bridgehead atoms. The highest BCUT2D eigenvalue weighted by Gasteiger charge is 2.38. The Bertz CT molecular complexity index is 604. The summed E-state index contributed by atoms with van der Waals surface area (Å²) in [7, 11) is 1.85. The maximum Gasteiger partial charge on any atom is 0.258 e. The Morgan fingerprint density at radius 1 is 1.48 bits per heavy atom. The third kappa shape index (κ3) is 2.60. The second kappa shape index (κ2) is 5.46. The molecule has 116 valence electrons. The number of anilines is 1. The molecule has 5 nitrogen and oxygen atoms in total. The van der Waals surface area contributed by atoms with Crippen LogP contribution in [0.25, 0.3) is 0 Å². The predicted octanol–water partition coefficient (Wildman–Crippen LogP) is 2.68. The van der Waals surface area contributed by atoms with Gasteiger partial charge < -0.3 is 5.11 Å². The average molecular weight is 312 g/mol. The van der Waals surface area contributed by atoms with Crippen LogP contribution in [0.2, 0.25) is 0 Å². The highest BCUT2D eigenvalue weighted by atomic mass is 35.5. The van der Waals surface area contributed by atoms with E-state index in [0.29, 0.717) is 11.4 Å². The van der Waals surface area contributed by atoms with Gasteiger partial charge in [0.05, 0.1) is 5.03 Å². The number of amides is 1. The van der Waals surface area contributed by atoms with Crippen molar-refractivity contribution in [2.75, 3.05) is 4.90 Å². The zero-order chi connectivity index (χ0) is 15.9. The topological polar surface area (TPSA) is 58.4 Å². The molecule has 0 saturated carbocycles. The van der Waals surface area contributed by atoms with Gasteiger partial charge in [-0.15, -0.1) is 0 Å². The minimum Gasteiger partial charge on any atom is -0.368 e. The van der Waals surface area contributed by atoms with E-state index in [4.69, 9.17) is 11.6 Å². The first-order valence-corrected chi connectivity index (χ1v) is 7.51. The summed E-state index contributed by atoms with van der Waals surface area (Å²) in [5.41, 5.74) is 1.35. The summed E-state index contributed by atoms with van der Waals surface area (Å²) in [6.07, 6.45) is 0.933. The molecule has 0 saturated heterocycles. The molecule has 0 radical (unpaired) electrons. The second-order valence-corrected chi connectivity index (χ2v) is 6.57. The highest BCUT2D eigenvalue weighted by molar-refractivity contribution is 6.35. The fraction of sp³-hybridized carbons (Fsp3) is 0.600. The molecule has 1 aliphatic rings. The Kier molecular flexibility index (Phi) is 4.17. The summed E-state index contributed by atoms with van der Waals surface area (Å²) < 4.78 is 1.77. The molecule has 1 aromatic heterocycles. The third-order valence-electron chi connectivity index (χ3n) is 4.05. The summed E-state index contributed by atoms with van der Waals surface area (Å²) >= 11 is 5.97. The molecule has 1 aromatic rings. The number of hydrogen-bond donors (Lipinski definition) is 1. The van der Waals surface area contributed by atoms with Crippen LogP contribution in [0.3, 0.4) is 0 Å². The fourth-order valence-electron chi connectivity index (χ4n) is 2.89. The van der Waals surface area contributed by atoms with E-state index in [1.807, 2.05) is 13.1 Å². The number of aliphatic hydroxyl groups is 1. The average Bonchev–Trinajstić information content (AvgIpc) is 2.86. The van der Waals surface area contributed by atoms with Crippen molar-refractivity contribution in [2.45, 2.75) is 52.2 Å². The Morgan fingerprint density at radius 3 is 2.57 bits per heavy atom. The van der Waals surface area contributed by atoms with Crippen LogP contribution in [0.1, 0.15) is 46.2 Å². The first kappa shape index (κ1) is 16.0. The smallest absolute Gasteiger partial charge is 0.258 e. The van der Waals surface area contributed by atoms with Gasteiger partial charge in [-0.3, -0.25) is 14.4 Å². The van der Waals surface area contributed by atoms with Crippen LogP contribution in [-0.4, -0.2) is 27.0 Å². The maximum atomic E-state index is 12.2. The van der Waals surface area contributed by atoms with Crippen molar-refractivity contribution in [3.05, 3.63) is 22.4 Å². The molecule has 6 heteroatoms. The second-order valence-electron chi connectivity index (χ2n) is 6.17. The molecule has 1 N–H and O–H groups in total. The van der Waals surface area contributed by atoms with Crippen molar-refractivity contribution < 1.29 is 9.90 Å². The summed E-state index contributed by atoms with van der Waals surface area (Å²) in [5, 5.41) is 14.7. The van der Waals surface area contributed by atoms with Crippen molar-refractivity contribution in [2.24, 2.45) is 7.05 Å². The van der Waals surface area contributed by atoms with Gasteiger partial charge in [0.25, 0.3) is 5.91 Å². The number of aryl methyl sites for hydroxylation is 1. The molecule has 1 atom stereocenters. The molecule has 0 fully saturated rings. The standard InChI is InChI=1S/C15H22ClN3O2/c1-6-7-15(3,4)10-8-11(17-18(10)5)19-13(20)9(2)12(16)14(19)21/h8,14,21H,6-7H2,1-5H3. The Balaban J connectivity index is 2.39. The van der Waals surface area contributed by atoms with E-state index < -0.39 is 6.23 Å². The maximum absolute atomic E-state index is 12.2. The molecular formula is C15H22ClN3O2. The zero-order valence-corrected chi connectivity index (χ0v) is 13.9. The summed E-state index contributed by atoms with van der Waals surface area (Å²) in [4.78, 5) is 13.4. The van der Waals surface area contributed by atoms with Crippen molar-refractivity contribution >= 4 is 23.3 Å². The number of hydrogen-bond acceptors (Lipinski definition) is 3. The lowest BCUT2D eigenvalue weighted by Gasteiger charge is -2.24. The lowest BCUT2D eigenvalue weighted by atomic mass is 9.84. The highest BCUT2D eigenvalue weighted by Crippen LogP contribution is 2.35. The van der Waals surface area contributed by atoms with E-state index in [0.717, 1.165) is 18.5 Å². The molecule has 1 amide bonds. The fourth-order valence-corrected chi connectivity index (χ4v) is 3.06. The predicted molar refractivity (Wildman–Crippen MR) is 83.2 cm³/mol. The van der Waals surface area contributed by atoms with E-state index in [2.05, 4.69) is 25.9 Å². The van der Waals surface area contributed by atoms with E-state index in [9.17, 15) is 9.90 Å². The minimum atomic E-state index is -1.14. The molecule has 0 aliphatic carbocycles. The molecule has 1 unspecified atom stereocenters. The van der Waals surface area contributed by atoms with Gasteiger partial charge in [0.15, 0.2) is 12.0 Å². The first-order valence-electron chi connectivity index (χ1n) is 7.13. The molecule has 0 spiro atoms. The van der Waals surface area contributed by atoms with Crippen molar-refractivity contribution in [1.82, 2.24) is 9.78 Å². The molecule has 2 rings (SSSR count). The summed E-state index contributed by atoms with van der Waals surface area (Å²) in [6, 6.07) is 1.86. The normalized spacial score (nSPS) is 19.9. The van der Waals surface area contributed by atoms with Gasteiger partial charge >= 0.3 is 0 Å². The molecular weight excluding hydrogens is 290 g/mol. The number of carbonyl (C=O) groups excluding carboxylic acids is 1. The monoisotopic (exact) mass is 311 g/mol. The van der Waals surface area contributed by atoms with Crippen LogP contribution in [-0.2, 0) is 17.3 Å². The quantitative estimate of drug-likeness (QED) is 0.930. The Morgan fingerprint density at radius 2 is 2.10 bits per heavy atom. The SMILES string of the molecule is CCCC(C)(C)c1cc(N2C(=O)C(C)=C(Cl)C2O)nn1C. The van der Waals surface area contributed by atoms with Gasteiger partial charge in [0.2, 0.25) is 0 Å². The van der Waals surface area contributed by atoms with Gasteiger partial charge in [-0.1, -0.05) is 38.8 Å². The first-order chi connectivity index (χ1) is 9.70. The molecule has 21 heavy (non-hydrogen) atoms. The third-order valence-corrected chi connectivity index (χ3v) is 4.53. The number of aromatic nitrogens is 2. The van der Waals surface area contributed by atoms with E-state index in [1.54, 1.807) is 11.6 Å². The lowest BCUT2D eigenvalue weighted by molar-refractivity contribution is -0.115. The van der Waals surface area contributed by atoms with Crippen LogP contribution < -0.4 is 4.90 Å². The van der Waals surface area contributed by atoms with Gasteiger partial charge in [-0.05, 0) is 13.3 Å². The number of nitrogens with zero attached hydrogens (tertiary/aromatic N) is 3. The Hall–Kier alpha value is -1.33. The van der Waals surface area contributed by atoms with Gasteiger partial charge in [0.1, 0.15) is 0 Å². The summed E-state index contributed by atoms with van der Waals surface area (Å²) in [6.45, 7) is 8.05. The van der Waals surface area contributed by atoms with Crippen LogP contribution in [0, 0.1) is 0 Å². The van der Waals surface area contributed by atoms with Crippen molar-refractivity contribution in [1.29, 1.82) is 0 Å². The van der Waals surface area contributed by atoms with E-state index >= 15 is 0 Å². The van der Waals surface area contributed by atoms with Crippen molar-refractivity contribution in [3.8, 4) is 0 Å². The van der Waals surface area contributed by atoms with Crippen LogP contribution in [0.5, 0.6) is 0 Å². The molecule has 2 heterocycles. The van der Waals surface area contributed by atoms with E-state index in [-0.39, 0.29) is 16.4 Å². The largest absolute Gasteiger partial charge is 0.368 e. The number of aliphatic hydroxyl groups excluding tert-OH is 1. The molecule has 1 aliphatic heterocycles. The summed E-state index contributed by atoms with van der Waals surface area (Å²) in [5.74, 6) is 0.134. The van der Waals surface area contributed by atoms with E-state index in [1.165, 1.54) is 4.90 Å². The lowest BCUT2D eigenvalue weighted by Crippen LogP contribution is -2.35. The van der Waals surface area contributed by atoms with Crippen LogP contribution in [0.4, 0.5) is 5.82 Å². The van der Waals surface area contributed by atoms with Gasteiger partial charge in [-0.25, -0.2) is 0 Å². The number of carbonyl (C=O) groups is 1. The van der Waals surface area contributed by atoms with Crippen molar-refractivity contribution in [3.63, 3.8) is 0 Å². The Labute approximate surface area is 130 Å². The van der Waals surface area contributed by atoms with Gasteiger partial charge in [0, 0.05) is 29.8 Å². The van der Waals surface area contributed by atoms with Crippen LogP contribution >= 0.6 is 11.6 Å². The number of halogens is 1. The van der Waals surface area contributed by atoms with Gasteiger partial charge in [-0.2, -0.15) is 5.10 Å². The van der Waals surface area contributed by atoms with Crippen LogP contribution in [0.15, 0.2) is 16.7 Å². The number of rotatable bonds is 4. The molecule has 0 aromatic carbocycles.